The van der Waals surface area contributed by atoms with Crippen molar-refractivity contribution in [1.82, 2.24) is 5.32 Å². The predicted octanol–water partition coefficient (Wildman–Crippen LogP) is -1.84. The Balaban J connectivity index is 3.31. The lowest BCUT2D eigenvalue weighted by Gasteiger charge is -2.44. The van der Waals surface area contributed by atoms with E-state index in [1.807, 2.05) is 0 Å². The Morgan fingerprint density at radius 3 is 1.84 bits per heavy atom. The highest BCUT2D eigenvalue weighted by Crippen LogP contribution is 2.28. The van der Waals surface area contributed by atoms with Gasteiger partial charge in [0.15, 0.2) is 12.2 Å². The van der Waals surface area contributed by atoms with Gasteiger partial charge in [0.2, 0.25) is 12.2 Å². The smallest absolute Gasteiger partial charge is 0.305 e. The number of amides is 1. The summed E-state index contributed by atoms with van der Waals surface area (Å²) in [6.45, 7) is 2.83. The first-order valence-electron chi connectivity index (χ1n) is 9.14. The highest BCUT2D eigenvalue weighted by Gasteiger charge is 2.52. The van der Waals surface area contributed by atoms with Gasteiger partial charge in [-0.05, 0) is 0 Å². The molecule has 32 heavy (non-hydrogen) atoms. The summed E-state index contributed by atoms with van der Waals surface area (Å²) in [5, 5.41) is 2.28. The van der Waals surface area contributed by atoms with Crippen LogP contribution in [0.4, 0.5) is 0 Å². The maximum Gasteiger partial charge on any atom is 0.305 e. The van der Waals surface area contributed by atoms with E-state index in [1.54, 1.807) is 0 Å². The van der Waals surface area contributed by atoms with Crippen LogP contribution in [0.15, 0.2) is 0 Å². The summed E-state index contributed by atoms with van der Waals surface area (Å²) in [5.41, 5.74) is 0. The van der Waals surface area contributed by atoms with E-state index in [-0.39, 0.29) is 0 Å². The number of carbonyl (C=O) groups excluding carboxylic acids is 5. The van der Waals surface area contributed by atoms with Crippen LogP contribution in [-0.4, -0.2) is 88.3 Å². The summed E-state index contributed by atoms with van der Waals surface area (Å²) >= 11 is 0. The minimum atomic E-state index is -3.96. The molecule has 1 rings (SSSR count). The largest absolute Gasteiger partial charge is 0.463 e. The van der Waals surface area contributed by atoms with E-state index in [9.17, 15) is 32.4 Å². The molecule has 0 saturated carbocycles. The Morgan fingerprint density at radius 1 is 0.844 bits per heavy atom. The molecule has 1 heterocycles. The topological polar surface area (TPSA) is 187 Å². The van der Waals surface area contributed by atoms with Crippen LogP contribution in [0.25, 0.3) is 0 Å². The molecule has 15 heteroatoms. The van der Waals surface area contributed by atoms with Gasteiger partial charge in [0.05, 0.1) is 6.26 Å². The van der Waals surface area contributed by atoms with Crippen LogP contribution in [-0.2, 0) is 62.0 Å². The second kappa shape index (κ2) is 11.7. The minimum absolute atomic E-state index is 0.472. The van der Waals surface area contributed by atoms with Crippen molar-refractivity contribution in [1.29, 1.82) is 0 Å². The van der Waals surface area contributed by atoms with Crippen LogP contribution in [0.5, 0.6) is 0 Å². The second-order valence-corrected chi connectivity index (χ2v) is 8.31. The third kappa shape index (κ3) is 9.57. The fourth-order valence-corrected chi connectivity index (χ4v) is 3.03. The van der Waals surface area contributed by atoms with Gasteiger partial charge in [-0.1, -0.05) is 0 Å². The van der Waals surface area contributed by atoms with E-state index in [0.29, 0.717) is 0 Å². The lowest BCUT2D eigenvalue weighted by molar-refractivity contribution is -0.271. The van der Waals surface area contributed by atoms with Gasteiger partial charge in [-0.3, -0.25) is 28.2 Å². The number of hydrogen-bond acceptors (Lipinski definition) is 13. The van der Waals surface area contributed by atoms with E-state index < -0.39 is 83.8 Å². The zero-order valence-corrected chi connectivity index (χ0v) is 18.8. The van der Waals surface area contributed by atoms with Crippen LogP contribution in [0.2, 0.25) is 0 Å². The molecule has 14 nitrogen and oxygen atoms in total. The molecule has 1 aliphatic rings. The molecule has 1 fully saturated rings. The first-order chi connectivity index (χ1) is 14.7. The van der Waals surface area contributed by atoms with Crippen molar-refractivity contribution < 1.29 is 60.3 Å². The van der Waals surface area contributed by atoms with E-state index in [2.05, 4.69) is 9.50 Å². The van der Waals surface area contributed by atoms with Crippen molar-refractivity contribution in [2.24, 2.45) is 0 Å². The molecule has 0 radical (unpaired) electrons. The monoisotopic (exact) mass is 483 g/mol. The van der Waals surface area contributed by atoms with Gasteiger partial charge in [0, 0.05) is 27.7 Å². The number of carbonyl (C=O) groups is 5. The van der Waals surface area contributed by atoms with Gasteiger partial charge < -0.3 is 29.0 Å². The Labute approximate surface area is 183 Å². The van der Waals surface area contributed by atoms with Crippen molar-refractivity contribution >= 4 is 39.9 Å². The van der Waals surface area contributed by atoms with Crippen molar-refractivity contribution in [2.75, 3.05) is 19.5 Å². The summed E-state index contributed by atoms with van der Waals surface area (Å²) in [7, 11) is -3.96. The third-order valence-corrected chi connectivity index (χ3v) is 4.26. The average Bonchev–Trinajstić information content (AvgIpc) is 2.61. The molecule has 1 amide bonds. The summed E-state index contributed by atoms with van der Waals surface area (Å²) in [5.74, 6) is -4.22. The highest BCUT2D eigenvalue weighted by atomic mass is 32.2. The second-order valence-electron chi connectivity index (χ2n) is 6.66. The van der Waals surface area contributed by atoms with Crippen LogP contribution < -0.4 is 5.32 Å². The molecule has 182 valence electrons. The molecule has 1 N–H and O–H groups in total. The van der Waals surface area contributed by atoms with Crippen LogP contribution in [0.3, 0.4) is 0 Å². The minimum Gasteiger partial charge on any atom is -0.463 e. The first kappa shape index (κ1) is 27.3. The quantitative estimate of drug-likeness (QED) is 0.219. The number of nitrogens with one attached hydrogen (secondary N) is 1. The number of hydrogen-bond donors (Lipinski definition) is 1. The van der Waals surface area contributed by atoms with Gasteiger partial charge >= 0.3 is 23.9 Å². The molecule has 0 aromatic heterocycles. The average molecular weight is 483 g/mol. The fraction of sp³-hybridized carbons (Fsp3) is 0.706. The Morgan fingerprint density at radius 2 is 1.38 bits per heavy atom. The summed E-state index contributed by atoms with van der Waals surface area (Å²) in [4.78, 5) is 58.4. The summed E-state index contributed by atoms with van der Waals surface area (Å²) in [6.07, 6.45) is -4.99. The summed E-state index contributed by atoms with van der Waals surface area (Å²) < 4.78 is 52.5. The fourth-order valence-electron chi connectivity index (χ4n) is 2.71. The van der Waals surface area contributed by atoms with E-state index in [0.717, 1.165) is 34.0 Å². The number of rotatable bonds is 9. The molecule has 0 bridgehead atoms. The Bertz CT molecular complexity index is 839. The number of esters is 4. The van der Waals surface area contributed by atoms with Gasteiger partial charge in [-0.15, -0.1) is 0 Å². The molecule has 0 aromatic rings. The van der Waals surface area contributed by atoms with E-state index in [4.69, 9.17) is 23.7 Å². The van der Waals surface area contributed by atoms with Gasteiger partial charge in [0.25, 0.3) is 10.1 Å². The molecule has 1 saturated heterocycles. The zero-order valence-electron chi connectivity index (χ0n) is 18.0. The van der Waals surface area contributed by atoms with Gasteiger partial charge in [0.1, 0.15) is 25.4 Å². The van der Waals surface area contributed by atoms with Crippen LogP contribution >= 0.6 is 0 Å². The molecular weight excluding hydrogens is 458 g/mol. The molecule has 0 aliphatic carbocycles. The highest BCUT2D eigenvalue weighted by molar-refractivity contribution is 7.86. The maximum absolute atomic E-state index is 12.2. The molecule has 0 spiro atoms. The predicted molar refractivity (Wildman–Crippen MR) is 101 cm³/mol. The maximum atomic E-state index is 12.2. The third-order valence-electron chi connectivity index (χ3n) is 3.72. The van der Waals surface area contributed by atoms with Crippen LogP contribution in [0, 0.1) is 0 Å². The number of ether oxygens (including phenoxy) is 5. The Kier molecular flexibility index (Phi) is 9.99. The van der Waals surface area contributed by atoms with Crippen LogP contribution in [0.1, 0.15) is 27.7 Å². The van der Waals surface area contributed by atoms with Crippen molar-refractivity contribution in [3.05, 3.63) is 0 Å². The van der Waals surface area contributed by atoms with E-state index in [1.165, 1.54) is 0 Å². The first-order valence-corrected chi connectivity index (χ1v) is 11.0. The van der Waals surface area contributed by atoms with E-state index >= 15 is 0 Å². The van der Waals surface area contributed by atoms with Gasteiger partial charge in [-0.25, -0.2) is 0 Å². The standard InChI is InChI=1S/C17H25NO13S/c1-8(19)26-6-12-15(28-9(2)20)16(29-10(3)21)14(17(31-12)30-11(4)22)18-13(23)7-27-32(5,24)25/h12,14-17H,6-7H2,1-5H3,(H,18,23)/t12?,14?,15-,16+,17?/m0/s1. The Hall–Kier alpha value is -2.78. The molecule has 1 aliphatic heterocycles. The molecule has 3 unspecified atom stereocenters. The molecule has 5 atom stereocenters. The van der Waals surface area contributed by atoms with Crippen molar-refractivity contribution in [2.45, 2.75) is 58.3 Å². The zero-order chi connectivity index (χ0) is 24.6. The SMILES string of the molecule is CC(=O)OCC1OC(OC(C)=O)C(NC(=O)COS(C)(=O)=O)[C@@H](OC(C)=O)[C@H]1OC(C)=O. The molecule has 0 aromatic carbocycles. The lowest BCUT2D eigenvalue weighted by atomic mass is 9.96. The lowest BCUT2D eigenvalue weighted by Crippen LogP contribution is -2.67. The molecular formula is C17H25NO13S. The van der Waals surface area contributed by atoms with Gasteiger partial charge in [-0.2, -0.15) is 8.42 Å². The normalized spacial score (nSPS) is 25.2. The van der Waals surface area contributed by atoms with Crippen molar-refractivity contribution in [3.63, 3.8) is 0 Å². The van der Waals surface area contributed by atoms with Crippen molar-refractivity contribution in [3.8, 4) is 0 Å². The summed E-state index contributed by atoms with van der Waals surface area (Å²) in [6, 6.07) is -1.45.